The number of nitrogens with one attached hydrogen (secondary N) is 1. The molecule has 19 heteroatoms. The van der Waals surface area contributed by atoms with E-state index in [9.17, 15) is 33.9 Å². The number of rotatable bonds is 7. The van der Waals surface area contributed by atoms with Gasteiger partial charge < -0.3 is 35.0 Å². The molecule has 0 bridgehead atoms. The zero-order valence-electron chi connectivity index (χ0n) is 16.7. The standard InChI is InChI=1S/C14H19N7O10P2/c1-19-6-21(11-8(19)12(24)18-14(15)17-11)13-10(23)9(22)7(30-13)4-29-33(27,28)31-32(25,26)20-3-2-16-5-20/h2-3,5-7,9-10,13,22-23H,4H2,1H3,(H4-,15,17,18,24,25,26,27,28)/p-1/t7-,9+,10?,13-/m1/s1. The molecule has 1 aliphatic heterocycles. The molecular weight excluding hydrogens is 488 g/mol. The number of hydrogen-bond donors (Lipinski definition) is 4. The summed E-state index contributed by atoms with van der Waals surface area (Å²) in [7, 11) is -9.01. The van der Waals surface area contributed by atoms with Crippen molar-refractivity contribution in [2.24, 2.45) is 7.05 Å². The number of aliphatic hydroxyl groups excluding tert-OH is 2. The number of nitrogen functional groups attached to an aromatic ring is 1. The number of phosphoric acid groups is 1. The zero-order chi connectivity index (χ0) is 24.1. The fourth-order valence-corrected chi connectivity index (χ4v) is 5.58. The maximum Gasteiger partial charge on any atom is 0.313 e. The van der Waals surface area contributed by atoms with Crippen molar-refractivity contribution in [2.75, 3.05) is 12.3 Å². The highest BCUT2D eigenvalue weighted by Crippen LogP contribution is 2.55. The third-order valence-electron chi connectivity index (χ3n) is 4.77. The van der Waals surface area contributed by atoms with Gasteiger partial charge in [-0.3, -0.25) is 32.1 Å². The molecule has 0 saturated carbocycles. The Hall–Kier alpha value is -2.46. The molecule has 3 aromatic heterocycles. The predicted molar refractivity (Wildman–Crippen MR) is 102 cm³/mol. The molecule has 33 heavy (non-hydrogen) atoms. The molecule has 0 amide bonds. The number of imidazole rings is 2. The number of ether oxygens (including phenoxy) is 1. The molecule has 0 aliphatic carbocycles. The Morgan fingerprint density at radius 2 is 2.09 bits per heavy atom. The van der Waals surface area contributed by atoms with Crippen LogP contribution in [-0.2, 0) is 29.7 Å². The Bertz CT molecular complexity index is 1320. The van der Waals surface area contributed by atoms with E-state index < -0.39 is 52.3 Å². The Kier molecular flexibility index (Phi) is 6.03. The summed E-state index contributed by atoms with van der Waals surface area (Å²) in [5.41, 5.74) is 5.14. The van der Waals surface area contributed by atoms with Gasteiger partial charge in [-0.25, -0.2) is 9.55 Å². The summed E-state index contributed by atoms with van der Waals surface area (Å²) in [4.78, 5) is 45.9. The van der Waals surface area contributed by atoms with Crippen LogP contribution >= 0.6 is 15.6 Å². The summed E-state index contributed by atoms with van der Waals surface area (Å²) in [5, 5.41) is 20.7. The van der Waals surface area contributed by atoms with E-state index in [1.807, 2.05) is 0 Å². The molecule has 4 heterocycles. The van der Waals surface area contributed by atoms with Crippen LogP contribution < -0.4 is 25.6 Å². The van der Waals surface area contributed by atoms with Gasteiger partial charge in [-0.05, 0) is 0 Å². The lowest BCUT2D eigenvalue weighted by atomic mass is 10.1. The molecule has 180 valence electrons. The van der Waals surface area contributed by atoms with E-state index in [0.717, 1.165) is 18.7 Å². The Morgan fingerprint density at radius 3 is 2.76 bits per heavy atom. The van der Waals surface area contributed by atoms with Crippen molar-refractivity contribution in [1.82, 2.24) is 23.9 Å². The molecule has 4 rings (SSSR count). The van der Waals surface area contributed by atoms with Crippen molar-refractivity contribution < 1.29 is 47.3 Å². The summed E-state index contributed by atoms with van der Waals surface area (Å²) in [6, 6.07) is 0. The number of anilines is 1. The van der Waals surface area contributed by atoms with Crippen LogP contribution in [0.4, 0.5) is 5.95 Å². The molecule has 0 spiro atoms. The van der Waals surface area contributed by atoms with Gasteiger partial charge in [0.25, 0.3) is 19.3 Å². The van der Waals surface area contributed by atoms with Crippen LogP contribution in [0.15, 0.2) is 29.8 Å². The lowest BCUT2D eigenvalue weighted by molar-refractivity contribution is -0.745. The zero-order valence-corrected chi connectivity index (χ0v) is 18.5. The van der Waals surface area contributed by atoms with Crippen LogP contribution in [0.3, 0.4) is 0 Å². The topological polar surface area (TPSA) is 247 Å². The minimum Gasteiger partial charge on any atom is -0.761 e. The van der Waals surface area contributed by atoms with E-state index in [1.54, 1.807) is 0 Å². The number of nitrogens with two attached hydrogens (primary N) is 1. The van der Waals surface area contributed by atoms with Gasteiger partial charge in [-0.2, -0.15) is 0 Å². The summed E-state index contributed by atoms with van der Waals surface area (Å²) < 4.78 is 41.2. The van der Waals surface area contributed by atoms with Crippen LogP contribution in [0.1, 0.15) is 6.23 Å². The average molecular weight is 506 g/mol. The summed E-state index contributed by atoms with van der Waals surface area (Å²) in [6.07, 6.45) is -1.76. The Balaban J connectivity index is 1.51. The monoisotopic (exact) mass is 506 g/mol. The van der Waals surface area contributed by atoms with Gasteiger partial charge in [0.05, 0.1) is 13.7 Å². The van der Waals surface area contributed by atoms with Gasteiger partial charge in [-0.15, -0.1) is 0 Å². The smallest absolute Gasteiger partial charge is 0.313 e. The predicted octanol–water partition coefficient (Wildman–Crippen LogP) is -3.53. The fourth-order valence-electron chi connectivity index (χ4n) is 3.31. The van der Waals surface area contributed by atoms with Gasteiger partial charge >= 0.3 is 5.65 Å². The normalized spacial score (nSPS) is 26.9. The van der Waals surface area contributed by atoms with E-state index in [2.05, 4.69) is 23.8 Å². The maximum absolute atomic E-state index is 12.2. The van der Waals surface area contributed by atoms with Crippen LogP contribution in [0, 0.1) is 0 Å². The summed E-state index contributed by atoms with van der Waals surface area (Å²) >= 11 is 0. The van der Waals surface area contributed by atoms with Gasteiger partial charge in [0, 0.05) is 12.4 Å². The first-order valence-corrected chi connectivity index (χ1v) is 12.1. The van der Waals surface area contributed by atoms with Gasteiger partial charge in [-0.1, -0.05) is 4.98 Å². The molecule has 3 aromatic rings. The number of fused-ring (bicyclic) bond motifs is 1. The molecule has 5 N–H and O–H groups in total. The SMILES string of the molecule is Cn1c[n+]([C@@H]2O[C@H](COP(=O)([O-])OP(=O)([O-])n3ccnc3)[C@H](O)C2O)c2nc(N)[nH]c(=O)c21. The quantitative estimate of drug-likeness (QED) is 0.179. The minimum atomic E-state index is -5.43. The van der Waals surface area contributed by atoms with E-state index in [1.165, 1.54) is 22.5 Å². The molecular formula is C14H18N7O10P2-. The number of phosphoric ester groups is 1. The largest absolute Gasteiger partial charge is 0.761 e. The van der Waals surface area contributed by atoms with Crippen molar-refractivity contribution in [3.05, 3.63) is 35.4 Å². The molecule has 1 saturated heterocycles. The van der Waals surface area contributed by atoms with Gasteiger partial charge in [0.1, 0.15) is 24.6 Å². The van der Waals surface area contributed by atoms with E-state index in [-0.39, 0.29) is 17.1 Å². The Labute approximate surface area is 183 Å². The molecule has 1 aliphatic rings. The maximum atomic E-state index is 12.2. The molecule has 6 atom stereocenters. The second kappa shape index (κ2) is 8.39. The average Bonchev–Trinajstić information content (AvgIpc) is 3.41. The van der Waals surface area contributed by atoms with E-state index in [4.69, 9.17) is 10.5 Å². The van der Waals surface area contributed by atoms with Crippen molar-refractivity contribution >= 4 is 32.7 Å². The van der Waals surface area contributed by atoms with Crippen molar-refractivity contribution in [2.45, 2.75) is 24.5 Å². The number of H-pyrrole nitrogens is 1. The van der Waals surface area contributed by atoms with Crippen LogP contribution in [0.5, 0.6) is 0 Å². The van der Waals surface area contributed by atoms with Gasteiger partial charge in [0.15, 0.2) is 6.33 Å². The number of aromatic nitrogens is 6. The number of nitrogens with zero attached hydrogens (tertiary/aromatic N) is 5. The second-order valence-electron chi connectivity index (χ2n) is 7.04. The highest BCUT2D eigenvalue weighted by atomic mass is 31.3. The summed E-state index contributed by atoms with van der Waals surface area (Å²) in [6.45, 7) is -0.888. The highest BCUT2D eigenvalue weighted by molar-refractivity contribution is 7.61. The lowest BCUT2D eigenvalue weighted by Crippen LogP contribution is -2.46. The van der Waals surface area contributed by atoms with Crippen LogP contribution in [0.2, 0.25) is 0 Å². The van der Waals surface area contributed by atoms with Crippen molar-refractivity contribution in [3.63, 3.8) is 0 Å². The summed E-state index contributed by atoms with van der Waals surface area (Å²) in [5.74, 6) is -0.204. The van der Waals surface area contributed by atoms with E-state index >= 15 is 0 Å². The number of aryl methyl sites for hydroxylation is 1. The lowest BCUT2D eigenvalue weighted by Gasteiger charge is -2.32. The van der Waals surface area contributed by atoms with Gasteiger partial charge in [0.2, 0.25) is 19.5 Å². The Morgan fingerprint density at radius 1 is 1.36 bits per heavy atom. The fraction of sp³-hybridized carbons (Fsp3) is 0.429. The van der Waals surface area contributed by atoms with E-state index in [0.29, 0.717) is 4.34 Å². The minimum absolute atomic E-state index is 0.0297. The number of aliphatic hydroxyl groups is 2. The van der Waals surface area contributed by atoms with Crippen LogP contribution in [0.25, 0.3) is 11.2 Å². The first-order valence-electron chi connectivity index (χ1n) is 9.14. The third-order valence-corrected chi connectivity index (χ3v) is 7.67. The molecule has 0 aromatic carbocycles. The molecule has 0 radical (unpaired) electrons. The second-order valence-corrected chi connectivity index (χ2v) is 10.2. The van der Waals surface area contributed by atoms with Crippen LogP contribution in [-0.4, -0.2) is 59.0 Å². The van der Waals surface area contributed by atoms with Crippen molar-refractivity contribution in [1.29, 1.82) is 0 Å². The first kappa shape index (κ1) is 23.7. The van der Waals surface area contributed by atoms with Crippen molar-refractivity contribution in [3.8, 4) is 0 Å². The first-order chi connectivity index (χ1) is 15.4. The number of aromatic amines is 1. The molecule has 3 unspecified atom stereocenters. The highest BCUT2D eigenvalue weighted by Gasteiger charge is 2.47. The molecule has 1 fully saturated rings. The molecule has 17 nitrogen and oxygen atoms in total. The third kappa shape index (κ3) is 4.50. The number of hydrogen-bond acceptors (Lipinski definition) is 13.